The third-order valence-corrected chi connectivity index (χ3v) is 3.10. The summed E-state index contributed by atoms with van der Waals surface area (Å²) in [6.07, 6.45) is -0.665. The maximum atomic E-state index is 14.4. The van der Waals surface area contributed by atoms with Crippen molar-refractivity contribution in [1.82, 2.24) is 4.90 Å². The van der Waals surface area contributed by atoms with Crippen molar-refractivity contribution in [2.75, 3.05) is 13.3 Å². The highest BCUT2D eigenvalue weighted by Gasteiger charge is 2.64. The van der Waals surface area contributed by atoms with Gasteiger partial charge in [0.25, 0.3) is 5.85 Å². The predicted molar refractivity (Wildman–Crippen MR) is 58.8 cm³/mol. The first-order valence-corrected chi connectivity index (χ1v) is 5.39. The molecule has 2 heterocycles. The number of aliphatic hydroxyl groups excluding tert-OH is 2. The second-order valence-corrected chi connectivity index (χ2v) is 4.52. The SMILES string of the molecule is C[C@]1(F)[C@H](N2C=CC(N)=NC2)O[C@](F)(CO)[C@H]1O. The lowest BCUT2D eigenvalue weighted by atomic mass is 9.97. The number of nitrogens with two attached hydrogens (primary N) is 1. The van der Waals surface area contributed by atoms with Gasteiger partial charge in [-0.05, 0) is 13.0 Å². The molecule has 0 amide bonds. The summed E-state index contributed by atoms with van der Waals surface area (Å²) < 4.78 is 33.1. The van der Waals surface area contributed by atoms with Gasteiger partial charge in [-0.1, -0.05) is 0 Å². The Kier molecular flexibility index (Phi) is 3.04. The maximum Gasteiger partial charge on any atom is 0.263 e. The Morgan fingerprint density at radius 2 is 2.33 bits per heavy atom. The van der Waals surface area contributed by atoms with Crippen molar-refractivity contribution >= 4 is 5.84 Å². The van der Waals surface area contributed by atoms with Crippen LogP contribution in [0.5, 0.6) is 0 Å². The van der Waals surface area contributed by atoms with Crippen molar-refractivity contribution < 1.29 is 23.7 Å². The minimum Gasteiger partial charge on any atom is -0.390 e. The Balaban J connectivity index is 2.22. The number of aliphatic hydroxyl groups is 2. The van der Waals surface area contributed by atoms with Crippen molar-refractivity contribution in [3.8, 4) is 0 Å². The number of alkyl halides is 2. The van der Waals surface area contributed by atoms with Gasteiger partial charge in [-0.2, -0.15) is 0 Å². The molecule has 1 fully saturated rings. The van der Waals surface area contributed by atoms with Gasteiger partial charge in [0, 0.05) is 6.20 Å². The van der Waals surface area contributed by atoms with Crippen LogP contribution in [0.4, 0.5) is 8.78 Å². The number of aliphatic imine (C=N–C) groups is 1. The van der Waals surface area contributed by atoms with Crippen LogP contribution in [-0.4, -0.2) is 58.1 Å². The van der Waals surface area contributed by atoms with Crippen LogP contribution in [0.15, 0.2) is 17.3 Å². The molecule has 0 aromatic carbocycles. The molecule has 0 bridgehead atoms. The van der Waals surface area contributed by atoms with E-state index in [4.69, 9.17) is 15.6 Å². The lowest BCUT2D eigenvalue weighted by molar-refractivity contribution is -0.212. The minimum atomic E-state index is -2.82. The van der Waals surface area contributed by atoms with Crippen LogP contribution in [-0.2, 0) is 4.74 Å². The average molecular weight is 263 g/mol. The van der Waals surface area contributed by atoms with E-state index >= 15 is 0 Å². The van der Waals surface area contributed by atoms with Gasteiger partial charge in [0.15, 0.2) is 18.0 Å². The summed E-state index contributed by atoms with van der Waals surface area (Å²) in [5.41, 5.74) is 3.02. The van der Waals surface area contributed by atoms with Crippen LogP contribution in [0.2, 0.25) is 0 Å². The van der Waals surface area contributed by atoms with Gasteiger partial charge in [0.05, 0.1) is 0 Å². The molecule has 4 N–H and O–H groups in total. The zero-order chi connectivity index (χ0) is 13.6. The Bertz CT molecular complexity index is 402. The lowest BCUT2D eigenvalue weighted by Crippen LogP contribution is -2.50. The topological polar surface area (TPSA) is 91.3 Å². The van der Waals surface area contributed by atoms with E-state index in [0.717, 1.165) is 6.92 Å². The summed E-state index contributed by atoms with van der Waals surface area (Å²) in [6.45, 7) is -0.136. The quantitative estimate of drug-likeness (QED) is 0.609. The fourth-order valence-electron chi connectivity index (χ4n) is 2.02. The molecule has 0 saturated carbocycles. The van der Waals surface area contributed by atoms with Crippen LogP contribution >= 0.6 is 0 Å². The van der Waals surface area contributed by atoms with E-state index in [1.807, 2.05) is 0 Å². The molecule has 0 spiro atoms. The van der Waals surface area contributed by atoms with Crippen molar-refractivity contribution in [2.45, 2.75) is 30.8 Å². The zero-order valence-corrected chi connectivity index (χ0v) is 9.75. The third kappa shape index (κ3) is 1.86. The summed E-state index contributed by atoms with van der Waals surface area (Å²) in [6, 6.07) is 0. The third-order valence-electron chi connectivity index (χ3n) is 3.10. The van der Waals surface area contributed by atoms with Crippen molar-refractivity contribution in [3.05, 3.63) is 12.3 Å². The fraction of sp³-hybridized carbons (Fsp3) is 0.700. The molecule has 0 unspecified atom stereocenters. The van der Waals surface area contributed by atoms with E-state index in [1.165, 1.54) is 17.2 Å². The monoisotopic (exact) mass is 263 g/mol. The van der Waals surface area contributed by atoms with Crippen LogP contribution in [0.25, 0.3) is 0 Å². The second-order valence-electron chi connectivity index (χ2n) is 4.52. The Morgan fingerprint density at radius 3 is 2.78 bits per heavy atom. The van der Waals surface area contributed by atoms with Gasteiger partial charge in [0.2, 0.25) is 0 Å². The summed E-state index contributed by atoms with van der Waals surface area (Å²) >= 11 is 0. The molecule has 18 heavy (non-hydrogen) atoms. The largest absolute Gasteiger partial charge is 0.390 e. The highest BCUT2D eigenvalue weighted by molar-refractivity contribution is 5.91. The van der Waals surface area contributed by atoms with E-state index in [-0.39, 0.29) is 12.5 Å². The highest BCUT2D eigenvalue weighted by atomic mass is 19.2. The minimum absolute atomic E-state index is 0.0132. The first-order valence-electron chi connectivity index (χ1n) is 5.39. The molecule has 0 aromatic rings. The molecule has 2 aliphatic heterocycles. The number of hydrogen-bond acceptors (Lipinski definition) is 6. The van der Waals surface area contributed by atoms with E-state index in [2.05, 4.69) is 4.99 Å². The number of nitrogens with zero attached hydrogens (tertiary/aromatic N) is 2. The smallest absolute Gasteiger partial charge is 0.263 e. The van der Waals surface area contributed by atoms with Gasteiger partial charge in [-0.15, -0.1) is 0 Å². The first kappa shape index (κ1) is 13.2. The summed E-state index contributed by atoms with van der Waals surface area (Å²) in [5, 5.41) is 18.5. The highest BCUT2D eigenvalue weighted by Crippen LogP contribution is 2.43. The molecule has 6 nitrogen and oxygen atoms in total. The number of amidine groups is 1. The van der Waals surface area contributed by atoms with Gasteiger partial charge >= 0.3 is 0 Å². The predicted octanol–water partition coefficient (Wildman–Crippen LogP) is -0.766. The van der Waals surface area contributed by atoms with E-state index in [1.54, 1.807) is 0 Å². The summed E-state index contributed by atoms with van der Waals surface area (Å²) in [4.78, 5) is 5.10. The molecule has 2 aliphatic rings. The van der Waals surface area contributed by atoms with E-state index in [9.17, 15) is 13.9 Å². The standard InChI is InChI=1S/C10H15F2N3O3/c1-9(11)7(17)10(12,4-16)18-8(9)15-3-2-6(13)14-5-15/h2-3,7-8,16-17H,4-5H2,1H3,(H2,13,14)/t7-,8+,9+,10+/m0/s1. The van der Waals surface area contributed by atoms with Crippen LogP contribution in [0.1, 0.15) is 6.92 Å². The van der Waals surface area contributed by atoms with Crippen molar-refractivity contribution in [1.29, 1.82) is 0 Å². The molecular formula is C10H15F2N3O3. The Labute approximate surface area is 102 Å². The number of rotatable bonds is 2. The molecule has 0 aliphatic carbocycles. The van der Waals surface area contributed by atoms with Crippen LogP contribution < -0.4 is 5.73 Å². The number of halogens is 2. The maximum absolute atomic E-state index is 14.4. The van der Waals surface area contributed by atoms with Crippen molar-refractivity contribution in [2.24, 2.45) is 10.7 Å². The van der Waals surface area contributed by atoms with Crippen molar-refractivity contribution in [3.63, 3.8) is 0 Å². The van der Waals surface area contributed by atoms with Crippen LogP contribution in [0, 0.1) is 0 Å². The van der Waals surface area contributed by atoms with Crippen LogP contribution in [0.3, 0.4) is 0 Å². The fourth-order valence-corrected chi connectivity index (χ4v) is 2.02. The van der Waals surface area contributed by atoms with Gasteiger partial charge in [-0.25, -0.2) is 13.8 Å². The summed E-state index contributed by atoms with van der Waals surface area (Å²) in [5.74, 6) is -2.56. The van der Waals surface area contributed by atoms with Gasteiger partial charge in [0.1, 0.15) is 19.1 Å². The molecule has 102 valence electrons. The molecule has 4 atom stereocenters. The lowest BCUT2D eigenvalue weighted by Gasteiger charge is -2.32. The molecular weight excluding hydrogens is 248 g/mol. The molecule has 0 radical (unpaired) electrons. The average Bonchev–Trinajstić information content (AvgIpc) is 2.52. The summed E-state index contributed by atoms with van der Waals surface area (Å²) in [7, 11) is 0. The first-order chi connectivity index (χ1) is 8.31. The zero-order valence-electron chi connectivity index (χ0n) is 9.75. The van der Waals surface area contributed by atoms with Gasteiger partial charge < -0.3 is 25.6 Å². The number of hydrogen-bond donors (Lipinski definition) is 3. The normalized spacial score (nSPS) is 44.3. The molecule has 1 saturated heterocycles. The molecule has 2 rings (SSSR count). The van der Waals surface area contributed by atoms with Gasteiger partial charge in [-0.3, -0.25) is 0 Å². The van der Waals surface area contributed by atoms with E-state index in [0.29, 0.717) is 0 Å². The Morgan fingerprint density at radius 1 is 1.67 bits per heavy atom. The van der Waals surface area contributed by atoms with E-state index < -0.39 is 30.5 Å². The second kappa shape index (κ2) is 4.15. The Hall–Kier alpha value is -1.25. The molecule has 8 heteroatoms. The number of ether oxygens (including phenoxy) is 1. The molecule has 0 aromatic heterocycles.